The van der Waals surface area contributed by atoms with Crippen LogP contribution >= 0.6 is 0 Å². The molecule has 0 aliphatic heterocycles. The topological polar surface area (TPSA) is 59.0 Å². The van der Waals surface area contributed by atoms with E-state index >= 15 is 0 Å². The third-order valence-corrected chi connectivity index (χ3v) is 3.72. The van der Waals surface area contributed by atoms with Crippen LogP contribution in [0.2, 0.25) is 0 Å². The Hall–Kier alpha value is -3.22. The summed E-state index contributed by atoms with van der Waals surface area (Å²) >= 11 is 0. The number of hydrogen-bond acceptors (Lipinski definition) is 2. The average Bonchev–Trinajstić information content (AvgIpc) is 3.01. The van der Waals surface area contributed by atoms with Crippen LogP contribution in [-0.2, 0) is 7.05 Å². The van der Waals surface area contributed by atoms with Gasteiger partial charge in [0.05, 0.1) is 5.69 Å². The largest absolute Gasteiger partial charge is 0.336 e. The lowest BCUT2D eigenvalue weighted by molar-refractivity contribution is 0.249. The van der Waals surface area contributed by atoms with Crippen molar-refractivity contribution in [2.75, 3.05) is 5.32 Å². The predicted molar refractivity (Wildman–Crippen MR) is 90.0 cm³/mol. The lowest BCUT2D eigenvalue weighted by Crippen LogP contribution is -2.34. The second kappa shape index (κ2) is 7.12. The summed E-state index contributed by atoms with van der Waals surface area (Å²) in [6.07, 6.45) is 3.34. The van der Waals surface area contributed by atoms with Gasteiger partial charge in [0, 0.05) is 19.4 Å². The van der Waals surface area contributed by atoms with Crippen LogP contribution in [-0.4, -0.2) is 15.6 Å². The van der Waals surface area contributed by atoms with Gasteiger partial charge in [-0.2, -0.15) is 0 Å². The molecule has 1 atom stereocenters. The maximum atomic E-state index is 13.7. The fraction of sp³-hybridized carbons (Fsp3) is 0.111. The van der Waals surface area contributed by atoms with Gasteiger partial charge in [0.1, 0.15) is 23.5 Å². The number of nitrogens with zero attached hydrogens (tertiary/aromatic N) is 2. The molecule has 7 heteroatoms. The quantitative estimate of drug-likeness (QED) is 0.761. The van der Waals surface area contributed by atoms with Crippen LogP contribution < -0.4 is 10.6 Å². The number of hydrogen-bond donors (Lipinski definition) is 2. The Kier molecular flexibility index (Phi) is 4.74. The van der Waals surface area contributed by atoms with Gasteiger partial charge in [-0.15, -0.1) is 0 Å². The van der Waals surface area contributed by atoms with Crippen molar-refractivity contribution in [2.24, 2.45) is 7.05 Å². The van der Waals surface area contributed by atoms with Gasteiger partial charge in [0.15, 0.2) is 0 Å². The summed E-state index contributed by atoms with van der Waals surface area (Å²) in [5.41, 5.74) is 0.720. The molecule has 0 spiro atoms. The molecule has 0 bridgehead atoms. The Morgan fingerprint density at radius 2 is 1.84 bits per heavy atom. The maximum Gasteiger partial charge on any atom is 0.320 e. The number of imidazole rings is 1. The molecule has 2 amide bonds. The molecule has 3 aromatic rings. The predicted octanol–water partition coefficient (Wildman–Crippen LogP) is 3.61. The first-order valence-corrected chi connectivity index (χ1v) is 7.59. The molecular formula is C18H16F2N4O. The highest BCUT2D eigenvalue weighted by Crippen LogP contribution is 2.21. The second-order valence-electron chi connectivity index (χ2n) is 5.46. The zero-order chi connectivity index (χ0) is 17.8. The van der Waals surface area contributed by atoms with Gasteiger partial charge >= 0.3 is 6.03 Å². The van der Waals surface area contributed by atoms with Gasteiger partial charge in [-0.05, 0) is 29.8 Å². The molecule has 128 valence electrons. The number of carbonyl (C=O) groups excluding carboxylic acids is 1. The van der Waals surface area contributed by atoms with Crippen molar-refractivity contribution in [3.63, 3.8) is 0 Å². The Bertz CT molecular complexity index is 877. The van der Waals surface area contributed by atoms with Gasteiger partial charge < -0.3 is 15.2 Å². The first-order valence-electron chi connectivity index (χ1n) is 7.59. The van der Waals surface area contributed by atoms with Crippen LogP contribution in [0.5, 0.6) is 0 Å². The first kappa shape index (κ1) is 16.6. The Balaban J connectivity index is 1.85. The van der Waals surface area contributed by atoms with Crippen LogP contribution in [0.15, 0.2) is 60.9 Å². The molecule has 25 heavy (non-hydrogen) atoms. The number of halogens is 2. The van der Waals surface area contributed by atoms with Crippen LogP contribution in [0.25, 0.3) is 0 Å². The van der Waals surface area contributed by atoms with Crippen LogP contribution in [0.4, 0.5) is 19.3 Å². The van der Waals surface area contributed by atoms with E-state index < -0.39 is 17.9 Å². The number of aryl methyl sites for hydroxylation is 1. The number of benzene rings is 2. The van der Waals surface area contributed by atoms with Crippen molar-refractivity contribution in [1.29, 1.82) is 0 Å². The normalized spacial score (nSPS) is 11.8. The van der Waals surface area contributed by atoms with E-state index in [0.29, 0.717) is 11.4 Å². The Labute approximate surface area is 143 Å². The summed E-state index contributed by atoms with van der Waals surface area (Å²) < 4.78 is 28.6. The van der Waals surface area contributed by atoms with Crippen molar-refractivity contribution in [2.45, 2.75) is 6.04 Å². The number of para-hydroxylation sites is 1. The minimum atomic E-state index is -0.618. The second-order valence-corrected chi connectivity index (χ2v) is 5.46. The highest BCUT2D eigenvalue weighted by Gasteiger charge is 2.21. The summed E-state index contributed by atoms with van der Waals surface area (Å²) in [6, 6.07) is 10.4. The third-order valence-electron chi connectivity index (χ3n) is 3.72. The number of nitrogens with one attached hydrogen (secondary N) is 2. The van der Waals surface area contributed by atoms with E-state index in [4.69, 9.17) is 0 Å². The number of aromatic nitrogens is 2. The van der Waals surface area contributed by atoms with E-state index in [1.54, 1.807) is 42.2 Å². The van der Waals surface area contributed by atoms with Crippen molar-refractivity contribution < 1.29 is 13.6 Å². The Morgan fingerprint density at radius 3 is 2.48 bits per heavy atom. The van der Waals surface area contributed by atoms with E-state index in [1.807, 2.05) is 0 Å². The van der Waals surface area contributed by atoms with Gasteiger partial charge in [-0.3, -0.25) is 0 Å². The Morgan fingerprint density at radius 1 is 1.12 bits per heavy atom. The van der Waals surface area contributed by atoms with Gasteiger partial charge in [-0.25, -0.2) is 18.6 Å². The molecule has 0 aliphatic carbocycles. The maximum absolute atomic E-state index is 13.7. The summed E-state index contributed by atoms with van der Waals surface area (Å²) in [7, 11) is 1.79. The smallest absolute Gasteiger partial charge is 0.320 e. The molecule has 1 heterocycles. The zero-order valence-corrected chi connectivity index (χ0v) is 13.4. The van der Waals surface area contributed by atoms with E-state index in [0.717, 1.165) is 0 Å². The van der Waals surface area contributed by atoms with E-state index in [1.165, 1.54) is 30.3 Å². The number of amides is 2. The van der Waals surface area contributed by atoms with E-state index in [2.05, 4.69) is 15.6 Å². The molecule has 1 unspecified atom stereocenters. The average molecular weight is 342 g/mol. The zero-order valence-electron chi connectivity index (χ0n) is 13.4. The van der Waals surface area contributed by atoms with E-state index in [-0.39, 0.29) is 11.5 Å². The molecule has 1 aromatic heterocycles. The number of anilines is 1. The van der Waals surface area contributed by atoms with Crippen molar-refractivity contribution in [3.05, 3.63) is 83.9 Å². The van der Waals surface area contributed by atoms with Crippen molar-refractivity contribution >= 4 is 11.7 Å². The number of carbonyl (C=O) groups is 1. The summed E-state index contributed by atoms with van der Waals surface area (Å²) in [5, 5.41) is 5.22. The third kappa shape index (κ3) is 3.82. The lowest BCUT2D eigenvalue weighted by atomic mass is 10.1. The first-order chi connectivity index (χ1) is 12.0. The molecule has 0 aliphatic rings. The van der Waals surface area contributed by atoms with Crippen molar-refractivity contribution in [3.8, 4) is 0 Å². The molecule has 5 nitrogen and oxygen atoms in total. The van der Waals surface area contributed by atoms with Gasteiger partial charge in [0.2, 0.25) is 0 Å². The molecule has 2 aromatic carbocycles. The fourth-order valence-corrected chi connectivity index (χ4v) is 2.46. The molecule has 0 saturated carbocycles. The van der Waals surface area contributed by atoms with Gasteiger partial charge in [-0.1, -0.05) is 24.3 Å². The van der Waals surface area contributed by atoms with Crippen LogP contribution in [0.3, 0.4) is 0 Å². The van der Waals surface area contributed by atoms with Gasteiger partial charge in [0.25, 0.3) is 0 Å². The minimum absolute atomic E-state index is 0.0673. The summed E-state index contributed by atoms with van der Waals surface area (Å²) in [4.78, 5) is 16.6. The standard InChI is InChI=1S/C18H16F2N4O/c1-24-11-10-21-17(24)16(12-6-8-13(19)9-7-12)23-18(25)22-15-5-3-2-4-14(15)20/h2-11,16H,1H3,(H2,22,23,25). The number of rotatable bonds is 4. The molecule has 3 rings (SSSR count). The molecule has 0 radical (unpaired) electrons. The monoisotopic (exact) mass is 342 g/mol. The molecule has 2 N–H and O–H groups in total. The lowest BCUT2D eigenvalue weighted by Gasteiger charge is -2.19. The van der Waals surface area contributed by atoms with Crippen LogP contribution in [0.1, 0.15) is 17.4 Å². The SMILES string of the molecule is Cn1ccnc1C(NC(=O)Nc1ccccc1F)c1ccc(F)cc1. The highest BCUT2D eigenvalue weighted by atomic mass is 19.1. The number of urea groups is 1. The molecule has 0 fully saturated rings. The van der Waals surface area contributed by atoms with Crippen LogP contribution in [0, 0.1) is 11.6 Å². The highest BCUT2D eigenvalue weighted by molar-refractivity contribution is 5.89. The molecule has 0 saturated heterocycles. The van der Waals surface area contributed by atoms with E-state index in [9.17, 15) is 13.6 Å². The minimum Gasteiger partial charge on any atom is -0.336 e. The summed E-state index contributed by atoms with van der Waals surface area (Å²) in [6.45, 7) is 0. The molecular weight excluding hydrogens is 326 g/mol. The summed E-state index contributed by atoms with van der Waals surface area (Å²) in [5.74, 6) is -0.346. The van der Waals surface area contributed by atoms with Crippen molar-refractivity contribution in [1.82, 2.24) is 14.9 Å². The fourth-order valence-electron chi connectivity index (χ4n) is 2.46.